The van der Waals surface area contributed by atoms with Crippen molar-refractivity contribution in [3.63, 3.8) is 0 Å². The molecule has 9 nitrogen and oxygen atoms in total. The molecule has 0 bridgehead atoms. The first-order valence-electron chi connectivity index (χ1n) is 7.75. The number of nitrogens with one attached hydrogen (secondary N) is 1. The van der Waals surface area contributed by atoms with Gasteiger partial charge in [-0.15, -0.1) is 0 Å². The highest BCUT2D eigenvalue weighted by Gasteiger charge is 2.21. The third kappa shape index (κ3) is 3.23. The Morgan fingerprint density at radius 2 is 1.85 bits per heavy atom. The summed E-state index contributed by atoms with van der Waals surface area (Å²) in [5.74, 6) is 5.91. The van der Waals surface area contributed by atoms with Crippen molar-refractivity contribution in [2.45, 2.75) is 0 Å². The summed E-state index contributed by atoms with van der Waals surface area (Å²) in [6.45, 7) is 0. The molecule has 2 heterocycles. The van der Waals surface area contributed by atoms with Crippen LogP contribution in [0.3, 0.4) is 0 Å². The Balaban J connectivity index is 1.89. The van der Waals surface area contributed by atoms with Crippen molar-refractivity contribution in [3.8, 4) is 5.75 Å². The minimum absolute atomic E-state index is 0.00409. The molecule has 4 rings (SSSR count). The van der Waals surface area contributed by atoms with Crippen molar-refractivity contribution in [2.24, 2.45) is 10.9 Å². The lowest BCUT2D eigenvalue weighted by Gasteiger charge is -2.12. The molecule has 0 aliphatic heterocycles. The zero-order valence-corrected chi connectivity index (χ0v) is 14.4. The molecule has 134 valence electrons. The van der Waals surface area contributed by atoms with E-state index in [1.54, 1.807) is 36.4 Å². The van der Waals surface area contributed by atoms with E-state index in [0.717, 1.165) is 0 Å². The molecule has 2 aromatic carbocycles. The Kier molecular flexibility index (Phi) is 4.27. The summed E-state index contributed by atoms with van der Waals surface area (Å²) in [5, 5.41) is 25.1. The number of hydrogen-bond donors (Lipinski definition) is 3. The zero-order chi connectivity index (χ0) is 18.8. The monoisotopic (exact) mass is 381 g/mol. The van der Waals surface area contributed by atoms with E-state index in [-0.39, 0.29) is 28.4 Å². The highest BCUT2D eigenvalue weighted by atomic mass is 35.5. The van der Waals surface area contributed by atoms with Crippen LogP contribution in [0.15, 0.2) is 58.3 Å². The minimum atomic E-state index is -0.00409. The number of para-hydroxylation sites is 1. The van der Waals surface area contributed by atoms with Crippen LogP contribution < -0.4 is 11.2 Å². The second kappa shape index (κ2) is 6.89. The smallest absolute Gasteiger partial charge is 0.245 e. The van der Waals surface area contributed by atoms with Gasteiger partial charge < -0.3 is 16.3 Å². The summed E-state index contributed by atoms with van der Waals surface area (Å²) in [5.41, 5.74) is 1.93. The van der Waals surface area contributed by atoms with Gasteiger partial charge in [0.2, 0.25) is 11.3 Å². The maximum atomic E-state index is 10.2. The molecule has 10 heteroatoms. The van der Waals surface area contributed by atoms with Crippen LogP contribution in [-0.4, -0.2) is 31.1 Å². The number of hydrogen-bond acceptors (Lipinski definition) is 9. The number of hydrazone groups is 1. The van der Waals surface area contributed by atoms with Crippen LogP contribution in [0.5, 0.6) is 5.75 Å². The lowest BCUT2D eigenvalue weighted by molar-refractivity contribution is 0.314. The quantitative estimate of drug-likeness (QED) is 0.279. The molecule has 0 atom stereocenters. The maximum Gasteiger partial charge on any atom is 0.245 e. The van der Waals surface area contributed by atoms with Gasteiger partial charge in [0.15, 0.2) is 5.82 Å². The van der Waals surface area contributed by atoms with Gasteiger partial charge in [0.25, 0.3) is 0 Å². The molecule has 0 spiro atoms. The van der Waals surface area contributed by atoms with Crippen LogP contribution in [0.25, 0.3) is 11.3 Å². The van der Waals surface area contributed by atoms with Crippen molar-refractivity contribution >= 4 is 40.1 Å². The third-order valence-electron chi connectivity index (χ3n) is 3.71. The highest BCUT2D eigenvalue weighted by molar-refractivity contribution is 6.30. The molecule has 0 unspecified atom stereocenters. The Hall–Kier alpha value is -3.72. The number of phenolic OH excluding ortho intramolecular Hbond substituents is 1. The van der Waals surface area contributed by atoms with Gasteiger partial charge in [0.1, 0.15) is 17.2 Å². The predicted molar refractivity (Wildman–Crippen MR) is 100 cm³/mol. The predicted octanol–water partition coefficient (Wildman–Crippen LogP) is 2.83. The van der Waals surface area contributed by atoms with Crippen molar-refractivity contribution in [1.82, 2.24) is 20.3 Å². The molecule has 0 fully saturated rings. The largest absolute Gasteiger partial charge is 0.507 e. The van der Waals surface area contributed by atoms with Gasteiger partial charge in [0, 0.05) is 16.3 Å². The fraction of sp³-hybridized carbons (Fsp3) is 0. The lowest BCUT2D eigenvalue weighted by atomic mass is 10.1. The van der Waals surface area contributed by atoms with E-state index in [9.17, 15) is 5.11 Å². The fourth-order valence-corrected chi connectivity index (χ4v) is 2.72. The van der Waals surface area contributed by atoms with Crippen molar-refractivity contribution in [1.29, 1.82) is 0 Å². The summed E-state index contributed by atoms with van der Waals surface area (Å²) >= 11 is 6.04. The molecule has 27 heavy (non-hydrogen) atoms. The number of aromatic hydroxyl groups is 1. The van der Waals surface area contributed by atoms with Crippen molar-refractivity contribution < 1.29 is 9.74 Å². The highest BCUT2D eigenvalue weighted by Crippen LogP contribution is 2.27. The maximum absolute atomic E-state index is 10.2. The van der Waals surface area contributed by atoms with Gasteiger partial charge in [-0.1, -0.05) is 29.8 Å². The van der Waals surface area contributed by atoms with E-state index in [0.29, 0.717) is 22.1 Å². The number of anilines is 2. The van der Waals surface area contributed by atoms with E-state index in [4.69, 9.17) is 22.1 Å². The summed E-state index contributed by atoms with van der Waals surface area (Å²) in [6.07, 6.45) is 0. The Labute approximate surface area is 157 Å². The third-order valence-corrected chi connectivity index (χ3v) is 3.95. The number of benzene rings is 2. The average molecular weight is 382 g/mol. The zero-order valence-electron chi connectivity index (χ0n) is 13.7. The first kappa shape index (κ1) is 16.7. The SMILES string of the molecule is N/N=C(\c1ccccc1O)c1nc2nonc2nc1Nc1cccc(Cl)c1. The number of phenols is 1. The van der Waals surface area contributed by atoms with Crippen LogP contribution in [0.2, 0.25) is 5.02 Å². The van der Waals surface area contributed by atoms with Crippen molar-refractivity contribution in [3.05, 3.63) is 64.8 Å². The fourth-order valence-electron chi connectivity index (χ4n) is 2.53. The number of rotatable bonds is 4. The summed E-state index contributed by atoms with van der Waals surface area (Å²) in [7, 11) is 0. The van der Waals surface area contributed by atoms with Crippen LogP contribution in [0, 0.1) is 0 Å². The second-order valence-electron chi connectivity index (χ2n) is 5.46. The first-order valence-corrected chi connectivity index (χ1v) is 8.13. The Morgan fingerprint density at radius 1 is 1.07 bits per heavy atom. The summed E-state index contributed by atoms with van der Waals surface area (Å²) < 4.78 is 4.69. The Bertz CT molecular complexity index is 1160. The van der Waals surface area contributed by atoms with Gasteiger partial charge in [-0.25, -0.2) is 14.6 Å². The molecule has 0 aliphatic rings. The van der Waals surface area contributed by atoms with Crippen LogP contribution in [-0.2, 0) is 0 Å². The molecule has 0 amide bonds. The molecule has 4 N–H and O–H groups in total. The summed E-state index contributed by atoms with van der Waals surface area (Å²) in [6, 6.07) is 13.7. The molecular formula is C17H12ClN7O2. The normalized spacial score (nSPS) is 11.7. The molecule has 0 radical (unpaired) electrons. The van der Waals surface area contributed by atoms with E-state index in [1.165, 1.54) is 6.07 Å². The van der Waals surface area contributed by atoms with Crippen LogP contribution in [0.1, 0.15) is 11.3 Å². The molecule has 2 aromatic heterocycles. The van der Waals surface area contributed by atoms with E-state index in [1.807, 2.05) is 6.07 Å². The molecule has 0 saturated heterocycles. The van der Waals surface area contributed by atoms with Crippen LogP contribution >= 0.6 is 11.6 Å². The second-order valence-corrected chi connectivity index (χ2v) is 5.90. The molecule has 4 aromatic rings. The number of nitrogens with two attached hydrogens (primary N) is 1. The molecule has 0 aliphatic carbocycles. The number of aromatic nitrogens is 4. The van der Waals surface area contributed by atoms with E-state index < -0.39 is 0 Å². The lowest BCUT2D eigenvalue weighted by Crippen LogP contribution is -2.13. The van der Waals surface area contributed by atoms with Gasteiger partial charge >= 0.3 is 0 Å². The Morgan fingerprint density at radius 3 is 2.59 bits per heavy atom. The number of nitrogens with zero attached hydrogens (tertiary/aromatic N) is 5. The molecule has 0 saturated carbocycles. The van der Waals surface area contributed by atoms with Gasteiger partial charge in [-0.3, -0.25) is 0 Å². The van der Waals surface area contributed by atoms with Gasteiger partial charge in [-0.05, 0) is 40.6 Å². The van der Waals surface area contributed by atoms with E-state index >= 15 is 0 Å². The number of halogens is 1. The molecular weight excluding hydrogens is 370 g/mol. The standard InChI is InChI=1S/C17H12ClN7O2/c18-9-4-3-5-10(8-9)20-15-14(21-16-17(22-15)25-27-24-16)13(23-19)11-6-1-2-7-12(11)26/h1-8,26H,19H2,(H,20,22,25)/b23-13+. The van der Waals surface area contributed by atoms with E-state index in [2.05, 4.69) is 30.7 Å². The average Bonchev–Trinajstić information content (AvgIpc) is 3.11. The van der Waals surface area contributed by atoms with Gasteiger partial charge in [0.05, 0.1) is 0 Å². The van der Waals surface area contributed by atoms with Crippen molar-refractivity contribution in [2.75, 3.05) is 5.32 Å². The topological polar surface area (TPSA) is 135 Å². The minimum Gasteiger partial charge on any atom is -0.507 e. The number of fused-ring (bicyclic) bond motifs is 1. The first-order chi connectivity index (χ1) is 13.2. The summed E-state index contributed by atoms with van der Waals surface area (Å²) in [4.78, 5) is 8.78. The van der Waals surface area contributed by atoms with Gasteiger partial charge in [-0.2, -0.15) is 5.10 Å². The van der Waals surface area contributed by atoms with Crippen LogP contribution in [0.4, 0.5) is 11.5 Å².